The molecule has 2 heterocycles. The number of anilines is 1. The predicted molar refractivity (Wildman–Crippen MR) is 123 cm³/mol. The normalized spacial score (nSPS) is 15.4. The minimum absolute atomic E-state index is 0.170. The highest BCUT2D eigenvalue weighted by Gasteiger charge is 2.37. The van der Waals surface area contributed by atoms with E-state index in [0.717, 1.165) is 33.4 Å². The van der Waals surface area contributed by atoms with E-state index in [-0.39, 0.29) is 11.3 Å². The Morgan fingerprint density at radius 1 is 0.848 bits per heavy atom. The molecule has 6 nitrogen and oxygen atoms in total. The number of urea groups is 1. The molecule has 5 rings (SSSR count). The Labute approximate surface area is 188 Å². The molecule has 0 aliphatic carbocycles. The van der Waals surface area contributed by atoms with Crippen molar-refractivity contribution in [1.82, 2.24) is 9.88 Å². The molecule has 1 saturated heterocycles. The topological polar surface area (TPSA) is 71.4 Å². The molecule has 0 unspecified atom stereocenters. The van der Waals surface area contributed by atoms with Gasteiger partial charge in [-0.3, -0.25) is 14.9 Å². The van der Waals surface area contributed by atoms with E-state index in [4.69, 9.17) is 0 Å². The fourth-order valence-electron chi connectivity index (χ4n) is 3.95. The first kappa shape index (κ1) is 20.4. The van der Waals surface area contributed by atoms with Crippen LogP contribution in [-0.4, -0.2) is 22.4 Å². The molecule has 7 heteroatoms. The largest absolute Gasteiger partial charge is 0.344 e. The van der Waals surface area contributed by atoms with E-state index in [2.05, 4.69) is 11.4 Å². The van der Waals surface area contributed by atoms with Gasteiger partial charge >= 0.3 is 6.03 Å². The molecule has 0 saturated carbocycles. The molecule has 1 fully saturated rings. The molecule has 4 amide bonds. The van der Waals surface area contributed by atoms with Crippen LogP contribution in [0.1, 0.15) is 11.3 Å². The van der Waals surface area contributed by atoms with Crippen molar-refractivity contribution in [2.45, 2.75) is 6.54 Å². The Balaban J connectivity index is 1.50. The zero-order chi connectivity index (χ0) is 22.9. The fourth-order valence-corrected chi connectivity index (χ4v) is 3.95. The van der Waals surface area contributed by atoms with E-state index in [0.29, 0.717) is 12.2 Å². The summed E-state index contributed by atoms with van der Waals surface area (Å²) in [4.78, 5) is 38.7. The Morgan fingerprint density at radius 3 is 2.42 bits per heavy atom. The summed E-state index contributed by atoms with van der Waals surface area (Å²) in [5, 5.41) is 4.42. The summed E-state index contributed by atoms with van der Waals surface area (Å²) in [5.74, 6) is -2.05. The molecule has 4 aromatic rings. The molecular weight excluding hydrogens is 421 g/mol. The number of carbonyl (C=O) groups is 3. The van der Waals surface area contributed by atoms with Crippen molar-refractivity contribution >= 4 is 40.4 Å². The molecule has 3 aromatic carbocycles. The van der Waals surface area contributed by atoms with E-state index in [1.807, 2.05) is 53.2 Å². The van der Waals surface area contributed by atoms with Crippen molar-refractivity contribution in [2.75, 3.05) is 4.90 Å². The second-order valence-corrected chi connectivity index (χ2v) is 7.63. The Kier molecular flexibility index (Phi) is 5.06. The molecular formula is C26H18FN3O3. The molecule has 33 heavy (non-hydrogen) atoms. The minimum atomic E-state index is -0.875. The summed E-state index contributed by atoms with van der Waals surface area (Å²) in [6.45, 7) is 0.532. The number of nitrogens with zero attached hydrogens (tertiary/aromatic N) is 2. The zero-order valence-electron chi connectivity index (χ0n) is 17.4. The minimum Gasteiger partial charge on any atom is -0.344 e. The number of benzene rings is 3. The Bertz CT molecular complexity index is 1430. The maximum atomic E-state index is 13.3. The van der Waals surface area contributed by atoms with Crippen molar-refractivity contribution in [3.05, 3.63) is 108 Å². The number of amides is 4. The van der Waals surface area contributed by atoms with Crippen LogP contribution in [0, 0.1) is 5.82 Å². The van der Waals surface area contributed by atoms with E-state index < -0.39 is 23.7 Å². The summed E-state index contributed by atoms with van der Waals surface area (Å²) >= 11 is 0. The number of fused-ring (bicyclic) bond motifs is 1. The summed E-state index contributed by atoms with van der Waals surface area (Å²) in [7, 11) is 0. The van der Waals surface area contributed by atoms with Crippen LogP contribution in [0.5, 0.6) is 0 Å². The number of rotatable bonds is 4. The summed E-state index contributed by atoms with van der Waals surface area (Å²) in [6.07, 6.45) is 3.33. The number of barbiturate groups is 1. The highest BCUT2D eigenvalue weighted by Crippen LogP contribution is 2.24. The van der Waals surface area contributed by atoms with Gasteiger partial charge in [-0.1, -0.05) is 42.5 Å². The standard InChI is InChI=1S/C26H18FN3O3/c27-19-10-12-20(13-11-19)30-25(32)23(24(31)28-26(30)33)15-21-8-4-14-29(21)16-18-7-3-6-17-5-1-2-9-22(17)18/h1-15H,16H2,(H,28,31,33)/b23-15-. The first-order valence-corrected chi connectivity index (χ1v) is 10.3. The van der Waals surface area contributed by atoms with Gasteiger partial charge in [-0.05, 0) is 58.8 Å². The highest BCUT2D eigenvalue weighted by atomic mass is 19.1. The number of nitrogens with one attached hydrogen (secondary N) is 1. The monoisotopic (exact) mass is 439 g/mol. The second-order valence-electron chi connectivity index (χ2n) is 7.63. The molecule has 162 valence electrons. The number of imide groups is 2. The lowest BCUT2D eigenvalue weighted by Gasteiger charge is -2.26. The average Bonchev–Trinajstić information content (AvgIpc) is 3.24. The summed E-state index contributed by atoms with van der Waals surface area (Å²) in [5.41, 5.74) is 1.71. The van der Waals surface area contributed by atoms with E-state index in [1.165, 1.54) is 18.2 Å². The van der Waals surface area contributed by atoms with Gasteiger partial charge in [0.15, 0.2) is 0 Å². The van der Waals surface area contributed by atoms with Gasteiger partial charge in [0.2, 0.25) is 0 Å². The van der Waals surface area contributed by atoms with Crippen molar-refractivity contribution in [3.8, 4) is 0 Å². The van der Waals surface area contributed by atoms with Crippen LogP contribution in [0.15, 0.2) is 90.6 Å². The summed E-state index contributed by atoms with van der Waals surface area (Å²) in [6, 6.07) is 21.8. The van der Waals surface area contributed by atoms with Gasteiger partial charge in [-0.15, -0.1) is 0 Å². The smallest absolute Gasteiger partial charge is 0.335 e. The van der Waals surface area contributed by atoms with E-state index in [9.17, 15) is 18.8 Å². The first-order valence-electron chi connectivity index (χ1n) is 10.3. The Hall–Kier alpha value is -4.52. The van der Waals surface area contributed by atoms with Gasteiger partial charge in [-0.25, -0.2) is 14.1 Å². The van der Waals surface area contributed by atoms with Gasteiger partial charge in [0.25, 0.3) is 11.8 Å². The maximum Gasteiger partial charge on any atom is 0.335 e. The van der Waals surface area contributed by atoms with Crippen LogP contribution < -0.4 is 10.2 Å². The highest BCUT2D eigenvalue weighted by molar-refractivity contribution is 6.39. The lowest BCUT2D eigenvalue weighted by molar-refractivity contribution is -0.122. The van der Waals surface area contributed by atoms with Gasteiger partial charge < -0.3 is 4.57 Å². The number of aromatic nitrogens is 1. The fraction of sp³-hybridized carbons (Fsp3) is 0.0385. The Morgan fingerprint density at radius 2 is 1.61 bits per heavy atom. The van der Waals surface area contributed by atoms with Gasteiger partial charge in [0.05, 0.1) is 5.69 Å². The number of carbonyl (C=O) groups excluding carboxylic acids is 3. The molecule has 1 N–H and O–H groups in total. The van der Waals surface area contributed by atoms with Crippen LogP contribution in [0.4, 0.5) is 14.9 Å². The van der Waals surface area contributed by atoms with Gasteiger partial charge in [0.1, 0.15) is 11.4 Å². The second kappa shape index (κ2) is 8.20. The molecule has 0 atom stereocenters. The third-order valence-electron chi connectivity index (χ3n) is 5.56. The van der Waals surface area contributed by atoms with Crippen molar-refractivity contribution < 1.29 is 18.8 Å². The van der Waals surface area contributed by atoms with Crippen LogP contribution in [0.25, 0.3) is 16.8 Å². The molecule has 0 spiro atoms. The summed E-state index contributed by atoms with van der Waals surface area (Å²) < 4.78 is 15.2. The van der Waals surface area contributed by atoms with Crippen molar-refractivity contribution in [1.29, 1.82) is 0 Å². The molecule has 1 aliphatic rings. The molecule has 0 bridgehead atoms. The van der Waals surface area contributed by atoms with Crippen LogP contribution in [0.3, 0.4) is 0 Å². The molecule has 0 radical (unpaired) electrons. The molecule has 1 aliphatic heterocycles. The number of hydrogen-bond acceptors (Lipinski definition) is 3. The third-order valence-corrected chi connectivity index (χ3v) is 5.56. The van der Waals surface area contributed by atoms with E-state index in [1.54, 1.807) is 6.07 Å². The lowest BCUT2D eigenvalue weighted by atomic mass is 10.0. The van der Waals surface area contributed by atoms with Crippen LogP contribution in [0.2, 0.25) is 0 Å². The van der Waals surface area contributed by atoms with Gasteiger partial charge in [0, 0.05) is 18.4 Å². The number of hydrogen-bond donors (Lipinski definition) is 1. The van der Waals surface area contributed by atoms with E-state index >= 15 is 0 Å². The van der Waals surface area contributed by atoms with Gasteiger partial charge in [-0.2, -0.15) is 0 Å². The predicted octanol–water partition coefficient (Wildman–Crippen LogP) is 4.50. The first-order chi connectivity index (χ1) is 16.0. The average molecular weight is 439 g/mol. The maximum absolute atomic E-state index is 13.3. The quantitative estimate of drug-likeness (QED) is 0.376. The van der Waals surface area contributed by atoms with Crippen LogP contribution in [-0.2, 0) is 16.1 Å². The third kappa shape index (κ3) is 3.80. The zero-order valence-corrected chi connectivity index (χ0v) is 17.4. The number of halogens is 1. The lowest BCUT2D eigenvalue weighted by Crippen LogP contribution is -2.54. The van der Waals surface area contributed by atoms with Crippen molar-refractivity contribution in [3.63, 3.8) is 0 Å². The van der Waals surface area contributed by atoms with Crippen LogP contribution >= 0.6 is 0 Å². The van der Waals surface area contributed by atoms with Crippen molar-refractivity contribution in [2.24, 2.45) is 0 Å². The SMILES string of the molecule is O=C1NC(=O)N(c2ccc(F)cc2)C(=O)/C1=C\c1cccn1Cc1cccc2ccccc12. The molecule has 1 aromatic heterocycles.